The summed E-state index contributed by atoms with van der Waals surface area (Å²) < 4.78 is 0. The number of phenols is 1. The summed E-state index contributed by atoms with van der Waals surface area (Å²) in [5, 5.41) is 15.9. The molecule has 1 amide bonds. The molecule has 3 rings (SSSR count). The summed E-state index contributed by atoms with van der Waals surface area (Å²) in [7, 11) is 0. The van der Waals surface area contributed by atoms with Crippen LogP contribution in [0.1, 0.15) is 35.6 Å². The van der Waals surface area contributed by atoms with Gasteiger partial charge in [0.25, 0.3) is 0 Å². The number of aromatic hydroxyl groups is 1. The minimum Gasteiger partial charge on any atom is -0.508 e. The Morgan fingerprint density at radius 1 is 1.27 bits per heavy atom. The number of rotatable bonds is 8. The van der Waals surface area contributed by atoms with Gasteiger partial charge in [-0.1, -0.05) is 37.3 Å². The van der Waals surface area contributed by atoms with Crippen molar-refractivity contribution in [1.29, 1.82) is 0 Å². The van der Waals surface area contributed by atoms with Crippen molar-refractivity contribution in [3.63, 3.8) is 0 Å². The van der Waals surface area contributed by atoms with Crippen molar-refractivity contribution in [2.45, 2.75) is 51.7 Å². The summed E-state index contributed by atoms with van der Waals surface area (Å²) in [6, 6.07) is 12.9. The second-order valence-electron chi connectivity index (χ2n) is 8.30. The fourth-order valence-electron chi connectivity index (χ4n) is 3.99. The summed E-state index contributed by atoms with van der Waals surface area (Å²) in [6.07, 6.45) is 1.45. The monoisotopic (exact) mass is 409 g/mol. The number of carbonyl (C=O) groups excluding carboxylic acids is 2. The van der Waals surface area contributed by atoms with Gasteiger partial charge < -0.3 is 21.5 Å². The number of nitrogens with one attached hydrogen (secondary N) is 2. The smallest absolute Gasteiger partial charge is 0.223 e. The van der Waals surface area contributed by atoms with Crippen molar-refractivity contribution in [2.24, 2.45) is 11.7 Å². The Labute approximate surface area is 177 Å². The number of Topliss-reactive ketones (excluding diaryl/α,β-unsaturated/α-hetero) is 1. The Balaban J connectivity index is 1.47. The third-order valence-electron chi connectivity index (χ3n) is 5.72. The highest BCUT2D eigenvalue weighted by atomic mass is 16.3. The highest BCUT2D eigenvalue weighted by Gasteiger charge is 2.28. The number of ketones is 1. The molecule has 2 aromatic carbocycles. The number of amides is 1. The van der Waals surface area contributed by atoms with Crippen LogP contribution in [0.2, 0.25) is 0 Å². The van der Waals surface area contributed by atoms with Crippen molar-refractivity contribution in [2.75, 3.05) is 6.54 Å². The SMILES string of the molecule is Cc1cc(O)cc2c1C[C@@H](C(=O)CC(C)C(=O)NCC(N)Cc1ccccc1)NC2. The van der Waals surface area contributed by atoms with E-state index in [0.29, 0.717) is 25.9 Å². The molecule has 0 spiro atoms. The first-order valence-corrected chi connectivity index (χ1v) is 10.5. The molecule has 1 heterocycles. The molecule has 1 aliphatic rings. The van der Waals surface area contributed by atoms with Gasteiger partial charge in [0.2, 0.25) is 5.91 Å². The van der Waals surface area contributed by atoms with Gasteiger partial charge >= 0.3 is 0 Å². The maximum Gasteiger partial charge on any atom is 0.223 e. The molecule has 30 heavy (non-hydrogen) atoms. The van der Waals surface area contributed by atoms with Gasteiger partial charge in [-0.2, -0.15) is 0 Å². The molecule has 0 bridgehead atoms. The third-order valence-corrected chi connectivity index (χ3v) is 5.72. The zero-order chi connectivity index (χ0) is 21.7. The third kappa shape index (κ3) is 5.68. The minimum atomic E-state index is -0.412. The van der Waals surface area contributed by atoms with E-state index in [2.05, 4.69) is 10.6 Å². The van der Waals surface area contributed by atoms with Crippen molar-refractivity contribution in [3.8, 4) is 5.75 Å². The molecule has 0 aliphatic carbocycles. The van der Waals surface area contributed by atoms with Crippen LogP contribution in [0.4, 0.5) is 0 Å². The van der Waals surface area contributed by atoms with E-state index < -0.39 is 5.92 Å². The summed E-state index contributed by atoms with van der Waals surface area (Å²) in [6.45, 7) is 4.63. The summed E-state index contributed by atoms with van der Waals surface area (Å²) in [5.74, 6) is -0.285. The first kappa shape index (κ1) is 22.0. The summed E-state index contributed by atoms with van der Waals surface area (Å²) >= 11 is 0. The van der Waals surface area contributed by atoms with Crippen molar-refractivity contribution in [1.82, 2.24) is 10.6 Å². The standard InChI is InChI=1S/C24H31N3O3/c1-15-8-20(28)11-18-13-26-22(12-21(15)18)23(29)9-16(2)24(30)27-14-19(25)10-17-6-4-3-5-7-17/h3-8,11,16,19,22,26,28H,9-10,12-14,25H2,1-2H3,(H,27,30)/t16?,19?,22-/m0/s1. The van der Waals surface area contributed by atoms with Crippen LogP contribution in [-0.4, -0.2) is 35.4 Å². The van der Waals surface area contributed by atoms with Crippen LogP contribution in [-0.2, 0) is 29.0 Å². The lowest BCUT2D eigenvalue weighted by atomic mass is 9.88. The van der Waals surface area contributed by atoms with Crippen LogP contribution in [0.5, 0.6) is 5.75 Å². The van der Waals surface area contributed by atoms with E-state index in [0.717, 1.165) is 22.3 Å². The van der Waals surface area contributed by atoms with Gasteiger partial charge in [-0.15, -0.1) is 0 Å². The second-order valence-corrected chi connectivity index (χ2v) is 8.30. The summed E-state index contributed by atoms with van der Waals surface area (Å²) in [4.78, 5) is 25.2. The number of aryl methyl sites for hydroxylation is 1. The Morgan fingerprint density at radius 3 is 2.73 bits per heavy atom. The minimum absolute atomic E-state index is 0.0318. The molecule has 160 valence electrons. The van der Waals surface area contributed by atoms with E-state index in [1.54, 1.807) is 19.1 Å². The van der Waals surface area contributed by atoms with Crippen LogP contribution in [0, 0.1) is 12.8 Å². The molecule has 3 atom stereocenters. The van der Waals surface area contributed by atoms with Gasteiger partial charge in [0.05, 0.1) is 6.04 Å². The van der Waals surface area contributed by atoms with Gasteiger partial charge in [-0.3, -0.25) is 9.59 Å². The van der Waals surface area contributed by atoms with Crippen LogP contribution < -0.4 is 16.4 Å². The van der Waals surface area contributed by atoms with Gasteiger partial charge in [0.1, 0.15) is 5.75 Å². The fraction of sp³-hybridized carbons (Fsp3) is 0.417. The van der Waals surface area contributed by atoms with E-state index in [1.165, 1.54) is 0 Å². The highest BCUT2D eigenvalue weighted by Crippen LogP contribution is 2.26. The molecule has 0 radical (unpaired) electrons. The van der Waals surface area contributed by atoms with E-state index in [9.17, 15) is 14.7 Å². The predicted molar refractivity (Wildman–Crippen MR) is 117 cm³/mol. The average molecular weight is 410 g/mol. The zero-order valence-electron chi connectivity index (χ0n) is 17.7. The Kier molecular flexibility index (Phi) is 7.24. The van der Waals surface area contributed by atoms with Gasteiger partial charge in [-0.25, -0.2) is 0 Å². The molecule has 6 heteroatoms. The largest absolute Gasteiger partial charge is 0.508 e. The van der Waals surface area contributed by atoms with E-state index in [-0.39, 0.29) is 35.9 Å². The maximum atomic E-state index is 12.8. The fourth-order valence-corrected chi connectivity index (χ4v) is 3.99. The topological polar surface area (TPSA) is 104 Å². The molecule has 2 unspecified atom stereocenters. The highest BCUT2D eigenvalue weighted by molar-refractivity contribution is 5.90. The quantitative estimate of drug-likeness (QED) is 0.534. The molecule has 0 fully saturated rings. The molecule has 1 aliphatic heterocycles. The zero-order valence-corrected chi connectivity index (χ0v) is 17.7. The lowest BCUT2D eigenvalue weighted by Gasteiger charge is -2.27. The molecular formula is C24H31N3O3. The first-order valence-electron chi connectivity index (χ1n) is 10.5. The van der Waals surface area contributed by atoms with Crippen LogP contribution >= 0.6 is 0 Å². The van der Waals surface area contributed by atoms with E-state index >= 15 is 0 Å². The Morgan fingerprint density at radius 2 is 2.00 bits per heavy atom. The maximum absolute atomic E-state index is 12.8. The molecule has 0 aromatic heterocycles. The molecule has 5 N–H and O–H groups in total. The molecule has 6 nitrogen and oxygen atoms in total. The lowest BCUT2D eigenvalue weighted by molar-refractivity contribution is -0.129. The first-order chi connectivity index (χ1) is 14.3. The van der Waals surface area contributed by atoms with Crippen molar-refractivity contribution in [3.05, 3.63) is 64.7 Å². The number of nitrogens with two attached hydrogens (primary N) is 1. The summed E-state index contributed by atoms with van der Waals surface area (Å²) in [5.41, 5.74) is 10.4. The van der Waals surface area contributed by atoms with E-state index in [1.807, 2.05) is 37.3 Å². The van der Waals surface area contributed by atoms with Crippen molar-refractivity contribution >= 4 is 11.7 Å². The molecular weight excluding hydrogens is 378 g/mol. The molecule has 2 aromatic rings. The van der Waals surface area contributed by atoms with Gasteiger partial charge in [0, 0.05) is 31.5 Å². The number of phenolic OH excluding ortho intramolecular Hbond substituents is 1. The van der Waals surface area contributed by atoms with Crippen LogP contribution in [0.3, 0.4) is 0 Å². The van der Waals surface area contributed by atoms with E-state index in [4.69, 9.17) is 5.73 Å². The number of hydrogen-bond acceptors (Lipinski definition) is 5. The second kappa shape index (κ2) is 9.87. The average Bonchev–Trinajstić information content (AvgIpc) is 2.72. The van der Waals surface area contributed by atoms with Crippen LogP contribution in [0.15, 0.2) is 42.5 Å². The van der Waals surface area contributed by atoms with Gasteiger partial charge in [-0.05, 0) is 54.2 Å². The van der Waals surface area contributed by atoms with Crippen molar-refractivity contribution < 1.29 is 14.7 Å². The number of hydrogen-bond donors (Lipinski definition) is 4. The number of carbonyl (C=O) groups is 2. The van der Waals surface area contributed by atoms with Gasteiger partial charge in [0.15, 0.2) is 5.78 Å². The predicted octanol–water partition coefficient (Wildman–Crippen LogP) is 2.00. The Hall–Kier alpha value is -2.70. The lowest BCUT2D eigenvalue weighted by Crippen LogP contribution is -2.44. The molecule has 0 saturated heterocycles. The molecule has 0 saturated carbocycles. The number of benzene rings is 2. The number of fused-ring (bicyclic) bond motifs is 1. The normalized spacial score (nSPS) is 17.6. The van der Waals surface area contributed by atoms with Crippen LogP contribution in [0.25, 0.3) is 0 Å². The Bertz CT molecular complexity index is 898.